The van der Waals surface area contributed by atoms with E-state index in [1.807, 2.05) is 57.2 Å². The molecule has 2 aromatic carbocycles. The minimum atomic E-state index is -1.44. The third-order valence-electron chi connectivity index (χ3n) is 4.67. The van der Waals surface area contributed by atoms with Crippen LogP contribution in [-0.4, -0.2) is 26.1 Å². The van der Waals surface area contributed by atoms with Crippen molar-refractivity contribution >= 4 is 22.3 Å². The van der Waals surface area contributed by atoms with E-state index in [1.54, 1.807) is 12.1 Å². The summed E-state index contributed by atoms with van der Waals surface area (Å²) in [4.78, 5) is 17.8. The van der Waals surface area contributed by atoms with Gasteiger partial charge in [0.05, 0.1) is 16.6 Å². The van der Waals surface area contributed by atoms with Crippen molar-refractivity contribution in [3.05, 3.63) is 70.3 Å². The van der Waals surface area contributed by atoms with E-state index in [0.717, 1.165) is 5.71 Å². The third-order valence-corrected chi connectivity index (χ3v) is 4.67. The van der Waals surface area contributed by atoms with Crippen molar-refractivity contribution in [1.29, 1.82) is 0 Å². The Labute approximate surface area is 156 Å². The van der Waals surface area contributed by atoms with Gasteiger partial charge in [0.25, 0.3) is 5.56 Å². The molecule has 1 aromatic heterocycles. The zero-order valence-electron chi connectivity index (χ0n) is 15.5. The molecule has 0 saturated carbocycles. The van der Waals surface area contributed by atoms with Crippen molar-refractivity contribution in [3.63, 3.8) is 0 Å². The van der Waals surface area contributed by atoms with E-state index in [1.165, 1.54) is 4.57 Å². The minimum Gasteiger partial charge on any atom is -0.377 e. The number of fused-ring (bicyclic) bond motifs is 4. The van der Waals surface area contributed by atoms with Gasteiger partial charge in [-0.15, -0.1) is 0 Å². The van der Waals surface area contributed by atoms with Crippen LogP contribution in [0.1, 0.15) is 38.6 Å². The molecular weight excluding hydrogens is 340 g/mol. The number of hydrogen-bond donors (Lipinski definition) is 1. The van der Waals surface area contributed by atoms with Gasteiger partial charge in [-0.2, -0.15) is 10.2 Å². The Bertz CT molecular complexity index is 1170. The SMILES string of the molecule is CC(C)=N/N=C(\C)C[C@]1(O)c2ccccc2-n2c1nc1ccccc1c2=O. The number of aliphatic hydroxyl groups is 1. The Balaban J connectivity index is 1.99. The molecule has 136 valence electrons. The van der Waals surface area contributed by atoms with Crippen LogP contribution in [0.25, 0.3) is 16.6 Å². The van der Waals surface area contributed by atoms with Crippen LogP contribution in [-0.2, 0) is 5.60 Å². The van der Waals surface area contributed by atoms with Crippen LogP contribution >= 0.6 is 0 Å². The van der Waals surface area contributed by atoms with Gasteiger partial charge in [-0.05, 0) is 39.0 Å². The molecule has 0 fully saturated rings. The van der Waals surface area contributed by atoms with Gasteiger partial charge in [0, 0.05) is 23.4 Å². The molecule has 1 aliphatic heterocycles. The maximum Gasteiger partial charge on any atom is 0.266 e. The molecule has 1 N–H and O–H groups in total. The topological polar surface area (TPSA) is 79.8 Å². The highest BCUT2D eigenvalue weighted by Gasteiger charge is 2.45. The predicted molar refractivity (Wildman–Crippen MR) is 107 cm³/mol. The van der Waals surface area contributed by atoms with Gasteiger partial charge in [0.1, 0.15) is 0 Å². The van der Waals surface area contributed by atoms with Crippen LogP contribution in [0.4, 0.5) is 0 Å². The van der Waals surface area contributed by atoms with E-state index in [4.69, 9.17) is 0 Å². The molecular formula is C21H20N4O2. The standard InChI is InChI=1S/C21H20N4O2/c1-13(2)23-24-14(3)12-21(27)16-9-5-7-11-18(16)25-19(26)15-8-4-6-10-17(15)22-20(21)25/h4-11,27H,12H2,1-3H3/b24-14+/t21-/m0/s1. The number of hydrogen-bond acceptors (Lipinski definition) is 5. The number of aromatic nitrogens is 2. The van der Waals surface area contributed by atoms with Crippen LogP contribution in [0.5, 0.6) is 0 Å². The lowest BCUT2D eigenvalue weighted by Gasteiger charge is -2.23. The lowest BCUT2D eigenvalue weighted by Crippen LogP contribution is -2.32. The summed E-state index contributed by atoms with van der Waals surface area (Å²) >= 11 is 0. The maximum atomic E-state index is 13.1. The van der Waals surface area contributed by atoms with E-state index in [2.05, 4.69) is 15.2 Å². The second-order valence-electron chi connectivity index (χ2n) is 7.03. The van der Waals surface area contributed by atoms with Crippen molar-refractivity contribution in [2.45, 2.75) is 32.8 Å². The molecule has 0 unspecified atom stereocenters. The molecule has 4 rings (SSSR count). The summed E-state index contributed by atoms with van der Waals surface area (Å²) in [6.45, 7) is 5.53. The van der Waals surface area contributed by atoms with Crippen molar-refractivity contribution in [1.82, 2.24) is 9.55 Å². The lowest BCUT2D eigenvalue weighted by atomic mass is 9.89. The highest BCUT2D eigenvalue weighted by molar-refractivity contribution is 5.86. The molecule has 1 aliphatic rings. The van der Waals surface area contributed by atoms with Gasteiger partial charge in [-0.25, -0.2) is 4.98 Å². The fourth-order valence-corrected chi connectivity index (χ4v) is 3.54. The predicted octanol–water partition coefficient (Wildman–Crippen LogP) is 3.18. The van der Waals surface area contributed by atoms with Gasteiger partial charge in [-0.1, -0.05) is 30.3 Å². The zero-order valence-corrected chi connectivity index (χ0v) is 15.5. The van der Waals surface area contributed by atoms with Crippen molar-refractivity contribution in [2.24, 2.45) is 10.2 Å². The smallest absolute Gasteiger partial charge is 0.266 e. The van der Waals surface area contributed by atoms with E-state index in [9.17, 15) is 9.90 Å². The Morgan fingerprint density at radius 3 is 2.56 bits per heavy atom. The van der Waals surface area contributed by atoms with E-state index in [-0.39, 0.29) is 12.0 Å². The van der Waals surface area contributed by atoms with Crippen molar-refractivity contribution in [2.75, 3.05) is 0 Å². The summed E-state index contributed by atoms with van der Waals surface area (Å²) < 4.78 is 1.51. The van der Waals surface area contributed by atoms with Gasteiger partial charge in [0.2, 0.25) is 0 Å². The van der Waals surface area contributed by atoms with Crippen LogP contribution in [0, 0.1) is 0 Å². The van der Waals surface area contributed by atoms with Crippen molar-refractivity contribution < 1.29 is 5.11 Å². The fraction of sp³-hybridized carbons (Fsp3) is 0.238. The van der Waals surface area contributed by atoms with Crippen LogP contribution < -0.4 is 5.56 Å². The van der Waals surface area contributed by atoms with Gasteiger partial charge < -0.3 is 5.11 Å². The molecule has 0 spiro atoms. The van der Waals surface area contributed by atoms with Crippen molar-refractivity contribution in [3.8, 4) is 5.69 Å². The van der Waals surface area contributed by atoms with Crippen LogP contribution in [0.15, 0.2) is 63.5 Å². The normalized spacial score (nSPS) is 18.3. The molecule has 0 aliphatic carbocycles. The Morgan fingerprint density at radius 1 is 1.07 bits per heavy atom. The monoisotopic (exact) mass is 360 g/mol. The van der Waals surface area contributed by atoms with Crippen LogP contribution in [0.3, 0.4) is 0 Å². The first-order valence-electron chi connectivity index (χ1n) is 8.80. The first-order chi connectivity index (χ1) is 12.9. The Morgan fingerprint density at radius 2 is 1.78 bits per heavy atom. The quantitative estimate of drug-likeness (QED) is 0.575. The largest absolute Gasteiger partial charge is 0.377 e. The van der Waals surface area contributed by atoms with E-state index in [0.29, 0.717) is 33.7 Å². The van der Waals surface area contributed by atoms with Gasteiger partial charge in [0.15, 0.2) is 11.4 Å². The number of nitrogens with zero attached hydrogens (tertiary/aromatic N) is 4. The molecule has 2 heterocycles. The number of rotatable bonds is 3. The Kier molecular flexibility index (Phi) is 4.00. The molecule has 0 bridgehead atoms. The molecule has 3 aromatic rings. The molecule has 0 saturated heterocycles. The van der Waals surface area contributed by atoms with E-state index < -0.39 is 5.60 Å². The second kappa shape index (κ2) is 6.25. The first-order valence-corrected chi connectivity index (χ1v) is 8.80. The summed E-state index contributed by atoms with van der Waals surface area (Å²) in [5, 5.41) is 20.5. The molecule has 6 nitrogen and oxygen atoms in total. The maximum absolute atomic E-state index is 13.1. The van der Waals surface area contributed by atoms with Gasteiger partial charge in [-0.3, -0.25) is 9.36 Å². The molecule has 0 amide bonds. The third kappa shape index (κ3) is 2.69. The summed E-state index contributed by atoms with van der Waals surface area (Å²) in [6, 6.07) is 14.5. The molecule has 6 heteroatoms. The molecule has 0 radical (unpaired) electrons. The first kappa shape index (κ1) is 17.3. The van der Waals surface area contributed by atoms with E-state index >= 15 is 0 Å². The summed E-state index contributed by atoms with van der Waals surface area (Å²) in [5.74, 6) is 0.319. The lowest BCUT2D eigenvalue weighted by molar-refractivity contribution is 0.0849. The molecule has 1 atom stereocenters. The minimum absolute atomic E-state index is 0.184. The number of benzene rings is 2. The van der Waals surface area contributed by atoms with Crippen LogP contribution in [0.2, 0.25) is 0 Å². The average Bonchev–Trinajstić information content (AvgIpc) is 2.90. The summed E-state index contributed by atoms with van der Waals surface area (Å²) in [7, 11) is 0. The highest BCUT2D eigenvalue weighted by Crippen LogP contribution is 2.42. The fourth-order valence-electron chi connectivity index (χ4n) is 3.54. The second-order valence-corrected chi connectivity index (χ2v) is 7.03. The number of para-hydroxylation sites is 2. The summed E-state index contributed by atoms with van der Waals surface area (Å²) in [6.07, 6.45) is 0.200. The average molecular weight is 360 g/mol. The van der Waals surface area contributed by atoms with Gasteiger partial charge >= 0.3 is 0 Å². The zero-order chi connectivity index (χ0) is 19.2. The molecule has 27 heavy (non-hydrogen) atoms. The highest BCUT2D eigenvalue weighted by atomic mass is 16.3. The summed E-state index contributed by atoms with van der Waals surface area (Å²) in [5.41, 5.74) is 1.73. The Hall–Kier alpha value is -3.12.